The average Bonchev–Trinajstić information content (AvgIpc) is 2.90. The summed E-state index contributed by atoms with van der Waals surface area (Å²) in [7, 11) is -2.74. The topological polar surface area (TPSA) is 79.2 Å². The van der Waals surface area contributed by atoms with Gasteiger partial charge in [-0.2, -0.15) is 0 Å². The largest absolute Gasteiger partial charge is 0.405 e. The molecule has 0 saturated carbocycles. The average molecular weight is 389 g/mol. The molecule has 3 N–H and O–H groups in total. The predicted octanol–water partition coefficient (Wildman–Crippen LogP) is 1.00. The van der Waals surface area contributed by atoms with Gasteiger partial charge in [0.05, 0.1) is 6.61 Å². The van der Waals surface area contributed by atoms with Crippen LogP contribution in [0.1, 0.15) is 20.8 Å². The van der Waals surface area contributed by atoms with Gasteiger partial charge in [-0.1, -0.05) is 81.4 Å². The van der Waals surface area contributed by atoms with E-state index >= 15 is 0 Å². The fraction of sp³-hybridized carbons (Fsp3) is 0.429. The van der Waals surface area contributed by atoms with E-state index in [-0.39, 0.29) is 11.6 Å². The Morgan fingerprint density at radius 2 is 1.33 bits per heavy atom. The van der Waals surface area contributed by atoms with Gasteiger partial charge in [0.15, 0.2) is 6.29 Å². The van der Waals surface area contributed by atoms with Gasteiger partial charge in [0.1, 0.15) is 18.3 Å². The molecule has 2 aromatic carbocycles. The SMILES string of the molecule is CC(C)(C)[Si](OC[C@H]1O[C@H](O)[C@@H](O)C1O)(c1ccccc1)c1ccccc1. The van der Waals surface area contributed by atoms with Crippen LogP contribution >= 0.6 is 0 Å². The molecule has 6 heteroatoms. The fourth-order valence-corrected chi connectivity index (χ4v) is 8.41. The molecular formula is C21H28O5Si. The maximum absolute atomic E-state index is 10.2. The number of hydrogen-bond acceptors (Lipinski definition) is 5. The minimum absolute atomic E-state index is 0.0859. The molecule has 0 amide bonds. The summed E-state index contributed by atoms with van der Waals surface area (Å²) in [4.78, 5) is 0. The monoisotopic (exact) mass is 388 g/mol. The zero-order chi connectivity index (χ0) is 19.7. The molecule has 27 heavy (non-hydrogen) atoms. The maximum atomic E-state index is 10.2. The number of rotatable bonds is 5. The molecule has 1 saturated heterocycles. The molecule has 3 rings (SSSR count). The highest BCUT2D eigenvalue weighted by Crippen LogP contribution is 2.37. The van der Waals surface area contributed by atoms with Gasteiger partial charge in [-0.15, -0.1) is 0 Å². The molecule has 1 aliphatic rings. The molecule has 1 heterocycles. The second-order valence-electron chi connectivity index (χ2n) is 8.02. The summed E-state index contributed by atoms with van der Waals surface area (Å²) in [6.07, 6.45) is -4.68. The van der Waals surface area contributed by atoms with E-state index in [0.717, 1.165) is 10.4 Å². The van der Waals surface area contributed by atoms with Crippen LogP contribution in [0.4, 0.5) is 0 Å². The zero-order valence-corrected chi connectivity index (χ0v) is 16.9. The van der Waals surface area contributed by atoms with Crippen LogP contribution in [0.5, 0.6) is 0 Å². The lowest BCUT2D eigenvalue weighted by atomic mass is 10.1. The van der Waals surface area contributed by atoms with Crippen molar-refractivity contribution in [3.63, 3.8) is 0 Å². The van der Waals surface area contributed by atoms with Crippen molar-refractivity contribution in [1.82, 2.24) is 0 Å². The van der Waals surface area contributed by atoms with E-state index in [2.05, 4.69) is 45.0 Å². The highest BCUT2D eigenvalue weighted by molar-refractivity contribution is 6.99. The summed E-state index contributed by atoms with van der Waals surface area (Å²) in [5, 5.41) is 31.7. The molecule has 0 aliphatic carbocycles. The van der Waals surface area contributed by atoms with Crippen molar-refractivity contribution in [3.8, 4) is 0 Å². The molecule has 0 bridgehead atoms. The number of benzene rings is 2. The van der Waals surface area contributed by atoms with Crippen LogP contribution in [-0.2, 0) is 9.16 Å². The molecule has 146 valence electrons. The Balaban J connectivity index is 2.02. The van der Waals surface area contributed by atoms with E-state index < -0.39 is 32.9 Å². The Morgan fingerprint density at radius 3 is 1.70 bits per heavy atom. The lowest BCUT2D eigenvalue weighted by Crippen LogP contribution is -2.67. The van der Waals surface area contributed by atoms with Crippen LogP contribution in [0, 0.1) is 0 Å². The van der Waals surface area contributed by atoms with Crippen molar-refractivity contribution in [2.24, 2.45) is 0 Å². The lowest BCUT2D eigenvalue weighted by Gasteiger charge is -2.43. The number of hydrogen-bond donors (Lipinski definition) is 3. The Bertz CT molecular complexity index is 692. The Labute approximate surface area is 161 Å². The summed E-state index contributed by atoms with van der Waals surface area (Å²) >= 11 is 0. The van der Waals surface area contributed by atoms with Gasteiger partial charge in [0, 0.05) is 0 Å². The molecule has 4 atom stereocenters. The van der Waals surface area contributed by atoms with Crippen LogP contribution in [0.2, 0.25) is 5.04 Å². The van der Waals surface area contributed by atoms with Gasteiger partial charge in [0.25, 0.3) is 8.32 Å². The van der Waals surface area contributed by atoms with Crippen molar-refractivity contribution in [2.75, 3.05) is 6.61 Å². The van der Waals surface area contributed by atoms with Crippen molar-refractivity contribution in [3.05, 3.63) is 60.7 Å². The van der Waals surface area contributed by atoms with Crippen molar-refractivity contribution < 1.29 is 24.5 Å². The summed E-state index contributed by atoms with van der Waals surface area (Å²) in [5.41, 5.74) is 0. The molecule has 1 aliphatic heterocycles. The third-order valence-corrected chi connectivity index (χ3v) is 10.2. The van der Waals surface area contributed by atoms with Crippen LogP contribution in [0.15, 0.2) is 60.7 Å². The van der Waals surface area contributed by atoms with Crippen LogP contribution in [0.25, 0.3) is 0 Å². The van der Waals surface area contributed by atoms with E-state index in [1.165, 1.54) is 0 Å². The van der Waals surface area contributed by atoms with Gasteiger partial charge in [-0.3, -0.25) is 0 Å². The van der Waals surface area contributed by atoms with Crippen molar-refractivity contribution in [2.45, 2.75) is 50.4 Å². The Hall–Kier alpha value is -1.54. The van der Waals surface area contributed by atoms with E-state index in [1.807, 2.05) is 36.4 Å². The van der Waals surface area contributed by atoms with E-state index in [4.69, 9.17) is 9.16 Å². The maximum Gasteiger partial charge on any atom is 0.261 e. The highest BCUT2D eigenvalue weighted by atomic mass is 28.4. The highest BCUT2D eigenvalue weighted by Gasteiger charge is 2.51. The van der Waals surface area contributed by atoms with E-state index in [1.54, 1.807) is 0 Å². The van der Waals surface area contributed by atoms with E-state index in [9.17, 15) is 15.3 Å². The molecule has 1 unspecified atom stereocenters. The van der Waals surface area contributed by atoms with Crippen LogP contribution in [-0.4, -0.2) is 54.8 Å². The quantitative estimate of drug-likeness (QED) is 0.666. The van der Waals surface area contributed by atoms with Gasteiger partial charge in [-0.25, -0.2) is 0 Å². The smallest absolute Gasteiger partial charge is 0.261 e. The minimum atomic E-state index is -2.74. The first-order valence-corrected chi connectivity index (χ1v) is 11.1. The zero-order valence-electron chi connectivity index (χ0n) is 15.9. The molecule has 1 fully saturated rings. The number of ether oxygens (including phenoxy) is 1. The van der Waals surface area contributed by atoms with Crippen LogP contribution in [0.3, 0.4) is 0 Å². The Kier molecular flexibility index (Phi) is 5.86. The minimum Gasteiger partial charge on any atom is -0.405 e. The summed E-state index contributed by atoms with van der Waals surface area (Å²) in [5.74, 6) is 0. The third-order valence-electron chi connectivity index (χ3n) is 5.22. The molecule has 0 aromatic heterocycles. The van der Waals surface area contributed by atoms with Crippen LogP contribution < -0.4 is 10.4 Å². The number of aliphatic hydroxyl groups is 3. The van der Waals surface area contributed by atoms with Gasteiger partial charge < -0.3 is 24.5 Å². The first-order chi connectivity index (χ1) is 12.8. The summed E-state index contributed by atoms with van der Waals surface area (Å²) in [6, 6.07) is 20.3. The molecule has 0 spiro atoms. The predicted molar refractivity (Wildman–Crippen MR) is 106 cm³/mol. The first kappa shape index (κ1) is 20.2. The fourth-order valence-electron chi connectivity index (χ4n) is 3.84. The second kappa shape index (κ2) is 7.83. The Morgan fingerprint density at radius 1 is 0.852 bits per heavy atom. The molecule has 0 radical (unpaired) electrons. The first-order valence-electron chi connectivity index (χ1n) is 9.22. The third kappa shape index (κ3) is 3.74. The summed E-state index contributed by atoms with van der Waals surface area (Å²) < 4.78 is 12.0. The van der Waals surface area contributed by atoms with Crippen molar-refractivity contribution >= 4 is 18.7 Å². The normalized spacial score (nSPS) is 26.3. The molecule has 2 aromatic rings. The van der Waals surface area contributed by atoms with E-state index in [0.29, 0.717) is 0 Å². The molecular weight excluding hydrogens is 360 g/mol. The van der Waals surface area contributed by atoms with Gasteiger partial charge >= 0.3 is 0 Å². The standard InChI is InChI=1S/C21H28O5Si/c1-21(2,3)27(15-10-6-4-7-11-15,16-12-8-5-9-13-16)25-14-17-18(22)19(23)20(24)26-17/h4-13,17-20,22-24H,14H2,1-3H3/t17-,18?,19+,20+/m1/s1. The second-order valence-corrected chi connectivity index (χ2v) is 12.3. The van der Waals surface area contributed by atoms with Gasteiger partial charge in [0.2, 0.25) is 0 Å². The number of aliphatic hydroxyl groups excluding tert-OH is 3. The van der Waals surface area contributed by atoms with Crippen molar-refractivity contribution in [1.29, 1.82) is 0 Å². The van der Waals surface area contributed by atoms with Gasteiger partial charge in [-0.05, 0) is 15.4 Å². The molecule has 5 nitrogen and oxygen atoms in total. The lowest BCUT2D eigenvalue weighted by molar-refractivity contribution is -0.132. The summed E-state index contributed by atoms with van der Waals surface area (Å²) in [6.45, 7) is 6.57.